The number of carbonyl (C=O) groups excluding carboxylic acids is 1. The van der Waals surface area contributed by atoms with Crippen LogP contribution in [0.25, 0.3) is 0 Å². The van der Waals surface area contributed by atoms with Gasteiger partial charge in [0.25, 0.3) is 5.91 Å². The number of anilines is 1. The fraction of sp³-hybridized carbons (Fsp3) is 0.538. The molecule has 114 valence electrons. The van der Waals surface area contributed by atoms with Gasteiger partial charge in [0.15, 0.2) is 11.5 Å². The number of nitrogens with two attached hydrogens (primary N) is 1. The van der Waals surface area contributed by atoms with Gasteiger partial charge in [-0.3, -0.25) is 9.59 Å². The highest BCUT2D eigenvalue weighted by molar-refractivity contribution is 5.95. The zero-order valence-electron chi connectivity index (χ0n) is 11.7. The van der Waals surface area contributed by atoms with E-state index in [1.54, 1.807) is 4.90 Å². The topological polar surface area (TPSA) is 119 Å². The first-order valence-corrected chi connectivity index (χ1v) is 6.74. The first-order chi connectivity index (χ1) is 10.1. The third-order valence-electron chi connectivity index (χ3n) is 3.42. The molecule has 8 nitrogen and oxygen atoms in total. The normalized spacial score (nSPS) is 21.2. The molecule has 1 saturated heterocycles. The Hall–Kier alpha value is -2.22. The van der Waals surface area contributed by atoms with Gasteiger partial charge in [0.1, 0.15) is 5.92 Å². The summed E-state index contributed by atoms with van der Waals surface area (Å²) in [5.74, 6) is -1.97. The number of primary amides is 1. The van der Waals surface area contributed by atoms with E-state index in [4.69, 9.17) is 10.5 Å². The van der Waals surface area contributed by atoms with Gasteiger partial charge in [-0.25, -0.2) is 9.97 Å². The van der Waals surface area contributed by atoms with Crippen molar-refractivity contribution in [2.45, 2.75) is 19.4 Å². The van der Waals surface area contributed by atoms with Crippen molar-refractivity contribution in [3.63, 3.8) is 0 Å². The molecular formula is C13H18N4O4. The minimum Gasteiger partial charge on any atom is -0.481 e. The zero-order valence-corrected chi connectivity index (χ0v) is 11.7. The average Bonchev–Trinajstić information content (AvgIpc) is 2.94. The maximum atomic E-state index is 11.5. The summed E-state index contributed by atoms with van der Waals surface area (Å²) in [6.45, 7) is 2.91. The second-order valence-corrected chi connectivity index (χ2v) is 4.84. The number of nitrogens with zero attached hydrogens (tertiary/aromatic N) is 3. The Kier molecular flexibility index (Phi) is 4.69. The Morgan fingerprint density at radius 1 is 1.43 bits per heavy atom. The molecule has 0 spiro atoms. The van der Waals surface area contributed by atoms with E-state index in [0.717, 1.165) is 6.42 Å². The summed E-state index contributed by atoms with van der Waals surface area (Å²) in [5.41, 5.74) is 5.37. The fourth-order valence-electron chi connectivity index (χ4n) is 2.47. The SMILES string of the molecule is CCCN(c1nccnc1C(N)=O)C1COCC1C(=O)O. The number of carboxylic acid groups (broad SMARTS) is 1. The van der Waals surface area contributed by atoms with Crippen molar-refractivity contribution in [3.05, 3.63) is 18.1 Å². The van der Waals surface area contributed by atoms with E-state index < -0.39 is 23.8 Å². The molecule has 0 radical (unpaired) electrons. The molecule has 0 saturated carbocycles. The third kappa shape index (κ3) is 3.10. The average molecular weight is 294 g/mol. The number of carbonyl (C=O) groups is 2. The lowest BCUT2D eigenvalue weighted by atomic mass is 10.0. The van der Waals surface area contributed by atoms with Crippen molar-refractivity contribution in [2.75, 3.05) is 24.7 Å². The van der Waals surface area contributed by atoms with Gasteiger partial charge in [0, 0.05) is 18.9 Å². The molecule has 2 heterocycles. The van der Waals surface area contributed by atoms with Crippen LogP contribution in [0.15, 0.2) is 12.4 Å². The minimum atomic E-state index is -0.928. The molecule has 0 bridgehead atoms. The zero-order chi connectivity index (χ0) is 15.4. The summed E-state index contributed by atoms with van der Waals surface area (Å²) < 4.78 is 5.29. The first kappa shape index (κ1) is 15.2. The number of aromatic nitrogens is 2. The summed E-state index contributed by atoms with van der Waals surface area (Å²) in [6, 6.07) is -0.391. The number of ether oxygens (including phenoxy) is 1. The molecule has 1 aliphatic rings. The van der Waals surface area contributed by atoms with Gasteiger partial charge in [0.2, 0.25) is 0 Å². The molecule has 0 aliphatic carbocycles. The Labute approximate surface area is 121 Å². The van der Waals surface area contributed by atoms with Gasteiger partial charge < -0.3 is 20.5 Å². The Balaban J connectivity index is 2.39. The maximum absolute atomic E-state index is 11.5. The lowest BCUT2D eigenvalue weighted by molar-refractivity contribution is -0.142. The lowest BCUT2D eigenvalue weighted by Crippen LogP contribution is -2.45. The molecule has 21 heavy (non-hydrogen) atoms. The summed E-state index contributed by atoms with van der Waals surface area (Å²) in [5, 5.41) is 9.29. The van der Waals surface area contributed by atoms with Crippen LogP contribution in [0, 0.1) is 5.92 Å². The summed E-state index contributed by atoms with van der Waals surface area (Å²) in [4.78, 5) is 32.7. The standard InChI is InChI=1S/C13H18N4O4/c1-2-5-17(9-7-21-6-8(9)13(19)20)12-10(11(14)18)15-3-4-16-12/h3-4,8-9H,2,5-7H2,1H3,(H2,14,18)(H,19,20). The van der Waals surface area contributed by atoms with Crippen LogP contribution in [0.2, 0.25) is 0 Å². The van der Waals surface area contributed by atoms with Crippen LogP contribution < -0.4 is 10.6 Å². The van der Waals surface area contributed by atoms with Crippen molar-refractivity contribution in [1.82, 2.24) is 9.97 Å². The van der Waals surface area contributed by atoms with E-state index >= 15 is 0 Å². The molecule has 1 aromatic rings. The Morgan fingerprint density at radius 2 is 2.14 bits per heavy atom. The van der Waals surface area contributed by atoms with Gasteiger partial charge in [-0.2, -0.15) is 0 Å². The van der Waals surface area contributed by atoms with Crippen LogP contribution in [0.1, 0.15) is 23.8 Å². The van der Waals surface area contributed by atoms with Gasteiger partial charge in [-0.05, 0) is 6.42 Å². The maximum Gasteiger partial charge on any atom is 0.311 e. The smallest absolute Gasteiger partial charge is 0.311 e. The van der Waals surface area contributed by atoms with E-state index in [9.17, 15) is 14.7 Å². The second-order valence-electron chi connectivity index (χ2n) is 4.84. The highest BCUT2D eigenvalue weighted by Gasteiger charge is 2.39. The molecule has 1 aromatic heterocycles. The molecule has 3 N–H and O–H groups in total. The van der Waals surface area contributed by atoms with Crippen LogP contribution in [-0.2, 0) is 9.53 Å². The second kappa shape index (κ2) is 6.49. The van der Waals surface area contributed by atoms with Crippen molar-refractivity contribution < 1.29 is 19.4 Å². The van der Waals surface area contributed by atoms with E-state index in [0.29, 0.717) is 12.4 Å². The summed E-state index contributed by atoms with van der Waals surface area (Å²) in [6.07, 6.45) is 3.60. The molecule has 2 atom stereocenters. The minimum absolute atomic E-state index is 0.0435. The van der Waals surface area contributed by atoms with Crippen LogP contribution in [0.4, 0.5) is 5.82 Å². The van der Waals surface area contributed by atoms with Crippen LogP contribution in [0.5, 0.6) is 0 Å². The molecule has 8 heteroatoms. The Bertz CT molecular complexity index is 537. The van der Waals surface area contributed by atoms with Crippen molar-refractivity contribution >= 4 is 17.7 Å². The number of amides is 1. The predicted molar refractivity (Wildman–Crippen MR) is 73.9 cm³/mol. The first-order valence-electron chi connectivity index (χ1n) is 6.74. The number of hydrogen-bond acceptors (Lipinski definition) is 6. The van der Waals surface area contributed by atoms with E-state index in [-0.39, 0.29) is 18.9 Å². The number of hydrogen-bond donors (Lipinski definition) is 2. The van der Waals surface area contributed by atoms with E-state index in [1.165, 1.54) is 12.4 Å². The Morgan fingerprint density at radius 3 is 2.76 bits per heavy atom. The van der Waals surface area contributed by atoms with Crippen molar-refractivity contribution in [1.29, 1.82) is 0 Å². The molecule has 1 fully saturated rings. The third-order valence-corrected chi connectivity index (χ3v) is 3.42. The summed E-state index contributed by atoms with van der Waals surface area (Å²) >= 11 is 0. The number of aliphatic carboxylic acids is 1. The molecular weight excluding hydrogens is 276 g/mol. The largest absolute Gasteiger partial charge is 0.481 e. The van der Waals surface area contributed by atoms with Crippen molar-refractivity contribution in [3.8, 4) is 0 Å². The van der Waals surface area contributed by atoms with E-state index in [1.807, 2.05) is 6.92 Å². The lowest BCUT2D eigenvalue weighted by Gasteiger charge is -2.31. The quantitative estimate of drug-likeness (QED) is 0.751. The molecule has 1 aliphatic heterocycles. The van der Waals surface area contributed by atoms with Crippen LogP contribution in [0.3, 0.4) is 0 Å². The van der Waals surface area contributed by atoms with Crippen LogP contribution >= 0.6 is 0 Å². The molecule has 1 amide bonds. The fourth-order valence-corrected chi connectivity index (χ4v) is 2.47. The van der Waals surface area contributed by atoms with E-state index in [2.05, 4.69) is 9.97 Å². The van der Waals surface area contributed by atoms with Gasteiger partial charge >= 0.3 is 5.97 Å². The number of carboxylic acids is 1. The van der Waals surface area contributed by atoms with Gasteiger partial charge in [-0.15, -0.1) is 0 Å². The molecule has 2 unspecified atom stereocenters. The van der Waals surface area contributed by atoms with Gasteiger partial charge in [-0.1, -0.05) is 6.92 Å². The highest BCUT2D eigenvalue weighted by Crippen LogP contribution is 2.26. The van der Waals surface area contributed by atoms with Crippen molar-refractivity contribution in [2.24, 2.45) is 11.7 Å². The molecule has 0 aromatic carbocycles. The molecule has 2 rings (SSSR count). The van der Waals surface area contributed by atoms with Gasteiger partial charge in [0.05, 0.1) is 19.3 Å². The number of rotatable bonds is 6. The van der Waals surface area contributed by atoms with Crippen LogP contribution in [-0.4, -0.2) is 52.8 Å². The summed E-state index contributed by atoms with van der Waals surface area (Å²) in [7, 11) is 0. The monoisotopic (exact) mass is 294 g/mol. The predicted octanol–water partition coefficient (Wildman–Crippen LogP) is -0.108. The highest BCUT2D eigenvalue weighted by atomic mass is 16.5.